The largest absolute Gasteiger partial charge is 0.573 e. The maximum atomic E-state index is 13.1. The van der Waals surface area contributed by atoms with E-state index in [4.69, 9.17) is 16.3 Å². The maximum absolute atomic E-state index is 13.1. The minimum Gasteiger partial charge on any atom is -0.425 e. The van der Waals surface area contributed by atoms with Crippen molar-refractivity contribution in [2.45, 2.75) is 19.8 Å². The lowest BCUT2D eigenvalue weighted by Gasteiger charge is -2.15. The molecule has 1 aromatic heterocycles. The van der Waals surface area contributed by atoms with Gasteiger partial charge >= 0.3 is 12.4 Å². The fourth-order valence-electron chi connectivity index (χ4n) is 3.09. The highest BCUT2D eigenvalue weighted by molar-refractivity contribution is 6.30. The number of aromatic nitrogens is 2. The van der Waals surface area contributed by atoms with Crippen LogP contribution in [0.15, 0.2) is 48.5 Å². The van der Waals surface area contributed by atoms with Gasteiger partial charge in [0.05, 0.1) is 6.54 Å². The predicted molar refractivity (Wildman–Crippen MR) is 124 cm³/mol. The van der Waals surface area contributed by atoms with Crippen LogP contribution in [0.2, 0.25) is 5.02 Å². The molecule has 0 radical (unpaired) electrons. The molecule has 1 amide bonds. The number of imidazole rings is 1. The van der Waals surface area contributed by atoms with Crippen LogP contribution in [0.3, 0.4) is 0 Å². The second-order valence-corrected chi connectivity index (χ2v) is 8.11. The summed E-state index contributed by atoms with van der Waals surface area (Å²) >= 11 is 5.98. The third kappa shape index (κ3) is 7.27. The van der Waals surface area contributed by atoms with Gasteiger partial charge in [0.15, 0.2) is 11.5 Å². The zero-order valence-corrected chi connectivity index (χ0v) is 19.7. The number of aliphatic hydroxyl groups excluding tert-OH is 1. The molecule has 2 aromatic carbocycles. The van der Waals surface area contributed by atoms with Gasteiger partial charge in [-0.3, -0.25) is 9.36 Å². The van der Waals surface area contributed by atoms with Crippen molar-refractivity contribution in [3.8, 4) is 17.5 Å². The molecule has 0 saturated heterocycles. The zero-order valence-electron chi connectivity index (χ0n) is 18.9. The fourth-order valence-corrected chi connectivity index (χ4v) is 3.22. The van der Waals surface area contributed by atoms with E-state index in [1.165, 1.54) is 16.7 Å². The Labute approximate surface area is 204 Å². The first-order valence-corrected chi connectivity index (χ1v) is 10.9. The molecule has 12 heteroatoms. The lowest BCUT2D eigenvalue weighted by Crippen LogP contribution is -2.31. The summed E-state index contributed by atoms with van der Waals surface area (Å²) in [4.78, 5) is 17.4. The van der Waals surface area contributed by atoms with E-state index < -0.39 is 18.0 Å². The third-order valence-electron chi connectivity index (χ3n) is 4.81. The molecule has 0 bridgehead atoms. The number of benzene rings is 2. The van der Waals surface area contributed by atoms with Crippen molar-refractivity contribution in [3.05, 3.63) is 64.8 Å². The summed E-state index contributed by atoms with van der Waals surface area (Å²) in [6.07, 6.45) is -4.86. The number of aliphatic hydroxyl groups is 1. The summed E-state index contributed by atoms with van der Waals surface area (Å²) in [5, 5.41) is 15.4. The molecular formula is C23H24ClF3N4O4. The second-order valence-electron chi connectivity index (χ2n) is 7.68. The van der Waals surface area contributed by atoms with Gasteiger partial charge in [-0.15, -0.1) is 13.2 Å². The molecule has 1 unspecified atom stereocenters. The van der Waals surface area contributed by atoms with Crippen LogP contribution in [0.5, 0.6) is 17.5 Å². The number of carbonyl (C=O) groups is 1. The average molecular weight is 513 g/mol. The Bertz CT molecular complexity index is 1150. The van der Waals surface area contributed by atoms with Crippen LogP contribution in [-0.4, -0.2) is 47.1 Å². The SMILES string of the molecule is CNc1nc(Oc2cccc(OC(F)(F)F)c2)n(Cc2ccc(Cl)cc2)c1C(=O)NCC(C)CO. The summed E-state index contributed by atoms with van der Waals surface area (Å²) in [7, 11) is 1.57. The van der Waals surface area contributed by atoms with Crippen molar-refractivity contribution in [1.29, 1.82) is 0 Å². The fraction of sp³-hybridized carbons (Fsp3) is 0.304. The molecule has 3 aromatic rings. The number of nitrogens with one attached hydrogen (secondary N) is 2. The Balaban J connectivity index is 1.99. The minimum atomic E-state index is -4.86. The summed E-state index contributed by atoms with van der Waals surface area (Å²) in [5.74, 6) is -0.879. The Morgan fingerprint density at radius 3 is 2.51 bits per heavy atom. The molecule has 3 rings (SSSR count). The minimum absolute atomic E-state index is 0.0256. The summed E-state index contributed by atoms with van der Waals surface area (Å²) in [6.45, 7) is 2.04. The van der Waals surface area contributed by atoms with Gasteiger partial charge < -0.3 is 25.2 Å². The molecule has 0 aliphatic carbocycles. The van der Waals surface area contributed by atoms with Crippen LogP contribution in [0.4, 0.5) is 19.0 Å². The molecule has 188 valence electrons. The Kier molecular flexibility index (Phi) is 8.47. The molecule has 3 N–H and O–H groups in total. The number of hydrogen-bond donors (Lipinski definition) is 3. The molecule has 1 heterocycles. The van der Waals surface area contributed by atoms with Gasteiger partial charge in [-0.1, -0.05) is 36.7 Å². The molecule has 1 atom stereocenters. The highest BCUT2D eigenvalue weighted by Gasteiger charge is 2.31. The van der Waals surface area contributed by atoms with Gasteiger partial charge in [-0.25, -0.2) is 0 Å². The molecular weight excluding hydrogens is 489 g/mol. The quantitative estimate of drug-likeness (QED) is 0.365. The smallest absolute Gasteiger partial charge is 0.425 e. The summed E-state index contributed by atoms with van der Waals surface area (Å²) < 4.78 is 49.1. The zero-order chi connectivity index (χ0) is 25.6. The van der Waals surface area contributed by atoms with E-state index in [2.05, 4.69) is 20.4 Å². The molecule has 8 nitrogen and oxygen atoms in total. The number of ether oxygens (including phenoxy) is 2. The number of hydrogen-bond acceptors (Lipinski definition) is 6. The number of carbonyl (C=O) groups excluding carboxylic acids is 1. The van der Waals surface area contributed by atoms with Crippen molar-refractivity contribution in [2.75, 3.05) is 25.5 Å². The van der Waals surface area contributed by atoms with Gasteiger partial charge in [0, 0.05) is 31.3 Å². The lowest BCUT2D eigenvalue weighted by molar-refractivity contribution is -0.274. The number of amides is 1. The van der Waals surface area contributed by atoms with Crippen molar-refractivity contribution in [3.63, 3.8) is 0 Å². The highest BCUT2D eigenvalue weighted by Crippen LogP contribution is 2.31. The van der Waals surface area contributed by atoms with Crippen LogP contribution in [0, 0.1) is 5.92 Å². The van der Waals surface area contributed by atoms with Crippen LogP contribution >= 0.6 is 11.6 Å². The lowest BCUT2D eigenvalue weighted by atomic mass is 10.2. The van der Waals surface area contributed by atoms with Crippen molar-refractivity contribution < 1.29 is 32.5 Å². The molecule has 0 spiro atoms. The normalized spacial score (nSPS) is 12.2. The van der Waals surface area contributed by atoms with Crippen molar-refractivity contribution in [1.82, 2.24) is 14.9 Å². The van der Waals surface area contributed by atoms with Gasteiger partial charge in [0.25, 0.3) is 5.91 Å². The Morgan fingerprint density at radius 2 is 1.89 bits per heavy atom. The first-order valence-electron chi connectivity index (χ1n) is 10.5. The Morgan fingerprint density at radius 1 is 1.20 bits per heavy atom. The maximum Gasteiger partial charge on any atom is 0.573 e. The van der Waals surface area contributed by atoms with E-state index >= 15 is 0 Å². The number of alkyl halides is 3. The van der Waals surface area contributed by atoms with E-state index in [9.17, 15) is 23.1 Å². The van der Waals surface area contributed by atoms with Crippen molar-refractivity contribution in [2.24, 2.45) is 5.92 Å². The average Bonchev–Trinajstić information content (AvgIpc) is 3.14. The standard InChI is InChI=1S/C23H24ClF3N4O4/c1-14(13-32)11-29-21(33)19-20(28-2)30-22(31(19)12-15-6-8-16(24)9-7-15)34-17-4-3-5-18(10-17)35-23(25,26)27/h3-10,14,28,32H,11-13H2,1-2H3,(H,29,33). The van der Waals surface area contributed by atoms with Crippen LogP contribution in [0.25, 0.3) is 0 Å². The monoisotopic (exact) mass is 512 g/mol. The van der Waals surface area contributed by atoms with Gasteiger partial charge in [-0.2, -0.15) is 4.98 Å². The highest BCUT2D eigenvalue weighted by atomic mass is 35.5. The molecule has 0 aliphatic rings. The van der Waals surface area contributed by atoms with Crippen LogP contribution < -0.4 is 20.1 Å². The molecule has 0 aliphatic heterocycles. The first-order chi connectivity index (χ1) is 16.6. The third-order valence-corrected chi connectivity index (χ3v) is 5.06. The van der Waals surface area contributed by atoms with E-state index in [1.54, 1.807) is 38.2 Å². The van der Waals surface area contributed by atoms with E-state index in [0.717, 1.165) is 17.7 Å². The van der Waals surface area contributed by atoms with Gasteiger partial charge in [0.2, 0.25) is 0 Å². The number of halogens is 4. The number of rotatable bonds is 10. The molecule has 0 fully saturated rings. The molecule has 35 heavy (non-hydrogen) atoms. The van der Waals surface area contributed by atoms with E-state index in [0.29, 0.717) is 5.02 Å². The predicted octanol–water partition coefficient (Wildman–Crippen LogP) is 4.68. The van der Waals surface area contributed by atoms with E-state index in [1.807, 2.05) is 0 Å². The molecule has 0 saturated carbocycles. The number of nitrogens with zero attached hydrogens (tertiary/aromatic N) is 2. The second kappa shape index (κ2) is 11.3. The summed E-state index contributed by atoms with van der Waals surface area (Å²) in [6, 6.07) is 11.8. The van der Waals surface area contributed by atoms with Gasteiger partial charge in [0.1, 0.15) is 11.5 Å². The van der Waals surface area contributed by atoms with Crippen molar-refractivity contribution >= 4 is 23.3 Å². The van der Waals surface area contributed by atoms with Crippen LogP contribution in [-0.2, 0) is 6.54 Å². The van der Waals surface area contributed by atoms with Crippen LogP contribution in [0.1, 0.15) is 23.0 Å². The topological polar surface area (TPSA) is 97.6 Å². The first kappa shape index (κ1) is 26.2. The van der Waals surface area contributed by atoms with Gasteiger partial charge in [-0.05, 0) is 35.7 Å². The number of anilines is 1. The summed E-state index contributed by atoms with van der Waals surface area (Å²) in [5.41, 5.74) is 0.913. The van der Waals surface area contributed by atoms with E-state index in [-0.39, 0.29) is 48.9 Å². The Hall–Kier alpha value is -3.44.